The molecule has 0 radical (unpaired) electrons. The molecule has 0 aromatic heterocycles. The van der Waals surface area contributed by atoms with Gasteiger partial charge in [0.05, 0.1) is 11.8 Å². The molecule has 0 aliphatic rings. The van der Waals surface area contributed by atoms with Gasteiger partial charge in [-0.05, 0) is 81.0 Å². The molecule has 3 aromatic carbocycles. The Bertz CT molecular complexity index is 1080. The number of benzene rings is 3. The van der Waals surface area contributed by atoms with Crippen molar-refractivity contribution in [2.24, 2.45) is 4.99 Å². The fourth-order valence-corrected chi connectivity index (χ4v) is 4.06. The molecule has 178 valence electrons. The largest absolute Gasteiger partial charge is 0.491 e. The predicted molar refractivity (Wildman–Crippen MR) is 147 cm³/mol. The van der Waals surface area contributed by atoms with Gasteiger partial charge >= 0.3 is 5.97 Å². The van der Waals surface area contributed by atoms with E-state index >= 15 is 0 Å². The summed E-state index contributed by atoms with van der Waals surface area (Å²) in [6.45, 7) is 9.61. The lowest BCUT2D eigenvalue weighted by Crippen LogP contribution is -2.33. The average Bonchev–Trinajstić information content (AvgIpc) is 2.78. The van der Waals surface area contributed by atoms with Crippen LogP contribution in [0.4, 0.5) is 0 Å². The van der Waals surface area contributed by atoms with Crippen molar-refractivity contribution < 1.29 is 14.3 Å². The van der Waals surface area contributed by atoms with Gasteiger partial charge in [0.15, 0.2) is 6.04 Å². The van der Waals surface area contributed by atoms with E-state index in [9.17, 15) is 4.79 Å². The summed E-state index contributed by atoms with van der Waals surface area (Å²) in [6, 6.07) is 25.2. The molecule has 0 fully saturated rings. The van der Waals surface area contributed by atoms with E-state index in [0.717, 1.165) is 31.7 Å². The highest BCUT2D eigenvalue weighted by atomic mass is 127. The lowest BCUT2D eigenvalue weighted by Gasteiger charge is -2.24. The SMILES string of the molecule is CC(C)Oc1ccc(I)cc1C[C@H](N=C(c1ccccc1)c1ccccc1)C(=O)OC(C)(C)C. The number of hydrogen-bond acceptors (Lipinski definition) is 4. The zero-order valence-electron chi connectivity index (χ0n) is 20.4. The minimum Gasteiger partial charge on any atom is -0.491 e. The first kappa shape index (κ1) is 25.9. The summed E-state index contributed by atoms with van der Waals surface area (Å²) >= 11 is 2.28. The molecule has 0 unspecified atom stereocenters. The second-order valence-corrected chi connectivity index (χ2v) is 10.6. The monoisotopic (exact) mass is 569 g/mol. The van der Waals surface area contributed by atoms with Gasteiger partial charge in [0, 0.05) is 21.1 Å². The summed E-state index contributed by atoms with van der Waals surface area (Å²) < 4.78 is 12.9. The van der Waals surface area contributed by atoms with E-state index in [2.05, 4.69) is 28.7 Å². The highest BCUT2D eigenvalue weighted by molar-refractivity contribution is 14.1. The molecule has 0 aliphatic heterocycles. The van der Waals surface area contributed by atoms with Crippen molar-refractivity contribution >= 4 is 34.3 Å². The molecule has 0 amide bonds. The van der Waals surface area contributed by atoms with Crippen molar-refractivity contribution in [3.63, 3.8) is 0 Å². The average molecular weight is 569 g/mol. The van der Waals surface area contributed by atoms with Crippen molar-refractivity contribution in [1.82, 2.24) is 0 Å². The Labute approximate surface area is 216 Å². The number of esters is 1. The number of halogens is 1. The quantitative estimate of drug-likeness (QED) is 0.169. The maximum atomic E-state index is 13.4. The van der Waals surface area contributed by atoms with Crippen LogP contribution in [0.15, 0.2) is 83.9 Å². The van der Waals surface area contributed by atoms with Crippen LogP contribution in [-0.4, -0.2) is 29.4 Å². The van der Waals surface area contributed by atoms with E-state index in [4.69, 9.17) is 14.5 Å². The van der Waals surface area contributed by atoms with Crippen LogP contribution in [0, 0.1) is 3.57 Å². The summed E-state index contributed by atoms with van der Waals surface area (Å²) in [6.07, 6.45) is 0.392. The molecule has 3 aromatic rings. The van der Waals surface area contributed by atoms with Crippen molar-refractivity contribution in [2.75, 3.05) is 0 Å². The molecule has 1 atom stereocenters. The summed E-state index contributed by atoms with van der Waals surface area (Å²) in [5.41, 5.74) is 2.97. The number of nitrogens with zero attached hydrogens (tertiary/aromatic N) is 1. The first-order chi connectivity index (χ1) is 16.1. The van der Waals surface area contributed by atoms with Crippen molar-refractivity contribution in [3.05, 3.63) is 99.1 Å². The molecule has 0 bridgehead atoms. The van der Waals surface area contributed by atoms with Crippen molar-refractivity contribution in [2.45, 2.75) is 58.8 Å². The molecular formula is C29H32INO3. The third-order valence-corrected chi connectivity index (χ3v) is 5.53. The van der Waals surface area contributed by atoms with Crippen LogP contribution in [0.5, 0.6) is 5.75 Å². The number of carbonyl (C=O) groups excluding carboxylic acids is 1. The Morgan fingerprint density at radius 2 is 1.47 bits per heavy atom. The summed E-state index contributed by atoms with van der Waals surface area (Å²) in [7, 11) is 0. The van der Waals surface area contributed by atoms with Crippen LogP contribution >= 0.6 is 22.6 Å². The van der Waals surface area contributed by atoms with Gasteiger partial charge in [0.25, 0.3) is 0 Å². The Kier molecular flexibility index (Phi) is 8.89. The normalized spacial score (nSPS) is 12.2. The van der Waals surface area contributed by atoms with Crippen LogP contribution in [0.3, 0.4) is 0 Å². The summed E-state index contributed by atoms with van der Waals surface area (Å²) in [5.74, 6) is 0.409. The lowest BCUT2D eigenvalue weighted by atomic mass is 10.00. The van der Waals surface area contributed by atoms with Gasteiger partial charge in [-0.2, -0.15) is 0 Å². The highest BCUT2D eigenvalue weighted by Crippen LogP contribution is 2.26. The molecule has 34 heavy (non-hydrogen) atoms. The van der Waals surface area contributed by atoms with E-state index in [1.54, 1.807) is 0 Å². The molecule has 0 saturated carbocycles. The van der Waals surface area contributed by atoms with Crippen LogP contribution < -0.4 is 4.74 Å². The Morgan fingerprint density at radius 1 is 0.912 bits per heavy atom. The second kappa shape index (κ2) is 11.6. The number of carbonyl (C=O) groups is 1. The summed E-state index contributed by atoms with van der Waals surface area (Å²) in [5, 5.41) is 0. The zero-order chi connectivity index (χ0) is 24.7. The Balaban J connectivity index is 2.11. The van der Waals surface area contributed by atoms with Gasteiger partial charge in [0.2, 0.25) is 0 Å². The molecule has 4 nitrogen and oxygen atoms in total. The van der Waals surface area contributed by atoms with E-state index in [-0.39, 0.29) is 12.1 Å². The standard InChI is InChI=1S/C29H32INO3/c1-20(2)33-26-17-16-24(30)18-23(26)19-25(28(32)34-29(3,4)5)31-27(21-12-8-6-9-13-21)22-14-10-7-11-15-22/h6-18,20,25H,19H2,1-5H3/t25-/m0/s1. The minimum absolute atomic E-state index is 0.0199. The van der Waals surface area contributed by atoms with Crippen LogP contribution in [0.2, 0.25) is 0 Å². The third kappa shape index (κ3) is 7.69. The second-order valence-electron chi connectivity index (χ2n) is 9.38. The number of hydrogen-bond donors (Lipinski definition) is 0. The summed E-state index contributed by atoms with van der Waals surface area (Å²) in [4.78, 5) is 18.4. The van der Waals surface area contributed by atoms with Crippen molar-refractivity contribution in [1.29, 1.82) is 0 Å². The Morgan fingerprint density at radius 3 is 1.97 bits per heavy atom. The molecule has 5 heteroatoms. The topological polar surface area (TPSA) is 47.9 Å². The van der Waals surface area contributed by atoms with Gasteiger partial charge in [0.1, 0.15) is 11.4 Å². The van der Waals surface area contributed by atoms with Gasteiger partial charge in [-0.15, -0.1) is 0 Å². The first-order valence-corrected chi connectivity index (χ1v) is 12.6. The Hall–Kier alpha value is -2.67. The van der Waals surface area contributed by atoms with E-state index in [1.165, 1.54) is 0 Å². The molecule has 0 saturated heterocycles. The van der Waals surface area contributed by atoms with Crippen LogP contribution in [0.1, 0.15) is 51.3 Å². The molecular weight excluding hydrogens is 537 g/mol. The van der Waals surface area contributed by atoms with Gasteiger partial charge in [-0.25, -0.2) is 4.79 Å². The van der Waals surface area contributed by atoms with Crippen LogP contribution in [-0.2, 0) is 16.0 Å². The van der Waals surface area contributed by atoms with Gasteiger partial charge in [-0.1, -0.05) is 60.7 Å². The number of ether oxygens (including phenoxy) is 2. The van der Waals surface area contributed by atoms with Gasteiger partial charge in [-0.3, -0.25) is 4.99 Å². The van der Waals surface area contributed by atoms with E-state index in [0.29, 0.717) is 6.42 Å². The zero-order valence-corrected chi connectivity index (χ0v) is 22.6. The smallest absolute Gasteiger partial charge is 0.331 e. The first-order valence-electron chi connectivity index (χ1n) is 11.5. The number of aliphatic imine (C=N–C) groups is 1. The maximum Gasteiger partial charge on any atom is 0.331 e. The predicted octanol–water partition coefficient (Wildman–Crippen LogP) is 6.87. The molecule has 0 N–H and O–H groups in total. The molecule has 0 heterocycles. The highest BCUT2D eigenvalue weighted by Gasteiger charge is 2.27. The third-order valence-electron chi connectivity index (χ3n) is 4.86. The lowest BCUT2D eigenvalue weighted by molar-refractivity contribution is -0.156. The molecule has 3 rings (SSSR count). The van der Waals surface area contributed by atoms with E-state index < -0.39 is 11.6 Å². The molecule has 0 spiro atoms. The fourth-order valence-electron chi connectivity index (χ4n) is 3.50. The molecule has 0 aliphatic carbocycles. The van der Waals surface area contributed by atoms with Gasteiger partial charge < -0.3 is 9.47 Å². The minimum atomic E-state index is -0.734. The van der Waals surface area contributed by atoms with Crippen LogP contribution in [0.25, 0.3) is 0 Å². The fraction of sp³-hybridized carbons (Fsp3) is 0.310. The maximum absolute atomic E-state index is 13.4. The van der Waals surface area contributed by atoms with Crippen molar-refractivity contribution in [3.8, 4) is 5.75 Å². The van der Waals surface area contributed by atoms with E-state index in [1.807, 2.05) is 107 Å². The number of rotatable bonds is 8.